The first-order valence-electron chi connectivity index (χ1n) is 7.39. The average molecular weight is 362 g/mol. The molecule has 0 saturated heterocycles. The highest BCUT2D eigenvalue weighted by Crippen LogP contribution is 2.26. The van der Waals surface area contributed by atoms with E-state index in [1.54, 1.807) is 0 Å². The number of rotatable bonds is 7. The van der Waals surface area contributed by atoms with Crippen LogP contribution in [-0.4, -0.2) is 19.4 Å². The second kappa shape index (κ2) is 7.99. The summed E-state index contributed by atoms with van der Waals surface area (Å²) in [6.45, 7) is 6.49. The first-order valence-corrected chi connectivity index (χ1v) is 8.18. The van der Waals surface area contributed by atoms with Gasteiger partial charge in [-0.15, -0.1) is 0 Å². The summed E-state index contributed by atoms with van der Waals surface area (Å²) in [6, 6.07) is 13.7. The quantitative estimate of drug-likeness (QED) is 0.670. The fraction of sp³-hybridized carbons (Fsp3) is 0.278. The number of carbonyl (C=O) groups excluding carboxylic acids is 1. The Balaban J connectivity index is 2.20. The van der Waals surface area contributed by atoms with Crippen LogP contribution < -0.4 is 9.64 Å². The molecule has 0 aromatic heterocycles. The summed E-state index contributed by atoms with van der Waals surface area (Å²) in [5.41, 5.74) is 2.70. The Hall–Kier alpha value is -1.81. The molecule has 0 N–H and O–H groups in total. The number of halogens is 1. The Morgan fingerprint density at radius 3 is 2.55 bits per heavy atom. The van der Waals surface area contributed by atoms with Gasteiger partial charge in [-0.2, -0.15) is 0 Å². The van der Waals surface area contributed by atoms with Gasteiger partial charge in [-0.05, 0) is 43.7 Å². The summed E-state index contributed by atoms with van der Waals surface area (Å²) in [6.07, 6.45) is 0.836. The van der Waals surface area contributed by atoms with Crippen molar-refractivity contribution in [1.29, 1.82) is 0 Å². The second-order valence-corrected chi connectivity index (χ2v) is 5.85. The van der Waals surface area contributed by atoms with Crippen molar-refractivity contribution in [2.45, 2.75) is 20.5 Å². The first-order chi connectivity index (χ1) is 10.7. The first kappa shape index (κ1) is 16.6. The largest absolute Gasteiger partial charge is 0.488 e. The number of anilines is 1. The van der Waals surface area contributed by atoms with E-state index in [9.17, 15) is 4.79 Å². The molecule has 0 amide bonds. The molecule has 0 heterocycles. The van der Waals surface area contributed by atoms with E-state index in [0.717, 1.165) is 35.1 Å². The normalized spacial score (nSPS) is 10.3. The van der Waals surface area contributed by atoms with Crippen LogP contribution >= 0.6 is 15.9 Å². The molecule has 2 aromatic carbocycles. The molecule has 0 atom stereocenters. The number of nitrogens with zero attached hydrogens (tertiary/aromatic N) is 1. The molecule has 0 aliphatic carbocycles. The van der Waals surface area contributed by atoms with Crippen molar-refractivity contribution in [2.75, 3.05) is 18.0 Å². The molecule has 0 radical (unpaired) electrons. The van der Waals surface area contributed by atoms with Gasteiger partial charge in [0.25, 0.3) is 0 Å². The van der Waals surface area contributed by atoms with E-state index in [4.69, 9.17) is 4.74 Å². The van der Waals surface area contributed by atoms with Gasteiger partial charge in [-0.1, -0.05) is 28.1 Å². The zero-order valence-electron chi connectivity index (χ0n) is 12.9. The molecule has 0 aliphatic heterocycles. The third kappa shape index (κ3) is 4.10. The highest BCUT2D eigenvalue weighted by molar-refractivity contribution is 9.10. The molecule has 0 aliphatic rings. The van der Waals surface area contributed by atoms with Crippen LogP contribution in [0.3, 0.4) is 0 Å². The molecular weight excluding hydrogens is 342 g/mol. The standard InChI is InChI=1S/C18H20BrNO2/c1-3-20(4-2)17-9-8-15(12-21)18(11-17)22-13-14-6-5-7-16(19)10-14/h5-12H,3-4,13H2,1-2H3. The average Bonchev–Trinajstić information content (AvgIpc) is 2.54. The third-order valence-corrected chi connectivity index (χ3v) is 4.03. The zero-order valence-corrected chi connectivity index (χ0v) is 14.5. The van der Waals surface area contributed by atoms with Crippen molar-refractivity contribution in [3.63, 3.8) is 0 Å². The smallest absolute Gasteiger partial charge is 0.153 e. The lowest BCUT2D eigenvalue weighted by molar-refractivity contribution is 0.111. The monoisotopic (exact) mass is 361 g/mol. The number of hydrogen-bond donors (Lipinski definition) is 0. The Bertz CT molecular complexity index is 639. The van der Waals surface area contributed by atoms with E-state index < -0.39 is 0 Å². The zero-order chi connectivity index (χ0) is 15.9. The van der Waals surface area contributed by atoms with E-state index >= 15 is 0 Å². The van der Waals surface area contributed by atoms with Crippen LogP contribution in [-0.2, 0) is 6.61 Å². The lowest BCUT2D eigenvalue weighted by atomic mass is 10.1. The van der Waals surface area contributed by atoms with Crippen LogP contribution in [0, 0.1) is 0 Å². The summed E-state index contributed by atoms with van der Waals surface area (Å²) in [5.74, 6) is 0.624. The summed E-state index contributed by atoms with van der Waals surface area (Å²) < 4.78 is 6.89. The molecule has 4 heteroatoms. The predicted octanol–water partition coefficient (Wildman–Crippen LogP) is 4.69. The van der Waals surface area contributed by atoms with E-state index in [2.05, 4.69) is 34.7 Å². The van der Waals surface area contributed by atoms with Crippen molar-refractivity contribution in [1.82, 2.24) is 0 Å². The fourth-order valence-corrected chi connectivity index (χ4v) is 2.77. The van der Waals surface area contributed by atoms with Crippen LogP contribution in [0.5, 0.6) is 5.75 Å². The maximum Gasteiger partial charge on any atom is 0.153 e. The minimum absolute atomic E-state index is 0.433. The Morgan fingerprint density at radius 1 is 1.14 bits per heavy atom. The fourth-order valence-electron chi connectivity index (χ4n) is 2.32. The van der Waals surface area contributed by atoms with E-state index in [1.807, 2.05) is 42.5 Å². The molecule has 2 rings (SSSR count). The second-order valence-electron chi connectivity index (χ2n) is 4.93. The van der Waals surface area contributed by atoms with Crippen LogP contribution in [0.4, 0.5) is 5.69 Å². The molecule has 0 spiro atoms. The Kier molecular flexibility index (Phi) is 6.01. The highest BCUT2D eigenvalue weighted by atomic mass is 79.9. The molecular formula is C18H20BrNO2. The molecule has 22 heavy (non-hydrogen) atoms. The molecule has 0 unspecified atom stereocenters. The van der Waals surface area contributed by atoms with Gasteiger partial charge in [-0.25, -0.2) is 0 Å². The summed E-state index contributed by atoms with van der Waals surface area (Å²) in [5, 5.41) is 0. The Labute approximate surface area is 140 Å². The van der Waals surface area contributed by atoms with Crippen LogP contribution in [0.2, 0.25) is 0 Å². The van der Waals surface area contributed by atoms with Crippen molar-refractivity contribution in [3.05, 3.63) is 58.1 Å². The molecule has 0 bridgehead atoms. The van der Waals surface area contributed by atoms with Crippen molar-refractivity contribution in [2.24, 2.45) is 0 Å². The highest BCUT2D eigenvalue weighted by Gasteiger charge is 2.09. The van der Waals surface area contributed by atoms with Gasteiger partial charge in [0, 0.05) is 29.3 Å². The van der Waals surface area contributed by atoms with Gasteiger partial charge in [0.1, 0.15) is 12.4 Å². The maximum absolute atomic E-state index is 11.2. The number of aldehydes is 1. The lowest BCUT2D eigenvalue weighted by Crippen LogP contribution is -2.21. The van der Waals surface area contributed by atoms with E-state index in [0.29, 0.717) is 17.9 Å². The maximum atomic E-state index is 11.2. The van der Waals surface area contributed by atoms with Crippen molar-refractivity contribution in [3.8, 4) is 5.75 Å². The minimum atomic E-state index is 0.433. The molecule has 0 saturated carbocycles. The third-order valence-electron chi connectivity index (χ3n) is 3.54. The van der Waals surface area contributed by atoms with Gasteiger partial charge in [-0.3, -0.25) is 4.79 Å². The van der Waals surface area contributed by atoms with Crippen molar-refractivity contribution >= 4 is 27.9 Å². The predicted molar refractivity (Wildman–Crippen MR) is 93.9 cm³/mol. The van der Waals surface area contributed by atoms with Gasteiger partial charge < -0.3 is 9.64 Å². The number of carbonyl (C=O) groups is 1. The topological polar surface area (TPSA) is 29.5 Å². The van der Waals surface area contributed by atoms with Crippen LogP contribution in [0.1, 0.15) is 29.8 Å². The molecule has 116 valence electrons. The van der Waals surface area contributed by atoms with Crippen molar-refractivity contribution < 1.29 is 9.53 Å². The Morgan fingerprint density at radius 2 is 1.91 bits per heavy atom. The van der Waals surface area contributed by atoms with Crippen LogP contribution in [0.25, 0.3) is 0 Å². The molecule has 0 fully saturated rings. The van der Waals surface area contributed by atoms with Gasteiger partial charge in [0.15, 0.2) is 6.29 Å². The number of ether oxygens (including phenoxy) is 1. The summed E-state index contributed by atoms with van der Waals surface area (Å²) in [4.78, 5) is 13.4. The van der Waals surface area contributed by atoms with E-state index in [-0.39, 0.29) is 0 Å². The van der Waals surface area contributed by atoms with Gasteiger partial charge in [0.05, 0.1) is 5.56 Å². The van der Waals surface area contributed by atoms with Gasteiger partial charge >= 0.3 is 0 Å². The molecule has 3 nitrogen and oxygen atoms in total. The summed E-state index contributed by atoms with van der Waals surface area (Å²) in [7, 11) is 0. The number of hydrogen-bond acceptors (Lipinski definition) is 3. The number of benzene rings is 2. The molecule has 2 aromatic rings. The minimum Gasteiger partial charge on any atom is -0.488 e. The lowest BCUT2D eigenvalue weighted by Gasteiger charge is -2.22. The van der Waals surface area contributed by atoms with E-state index in [1.165, 1.54) is 0 Å². The van der Waals surface area contributed by atoms with Gasteiger partial charge in [0.2, 0.25) is 0 Å². The summed E-state index contributed by atoms with van der Waals surface area (Å²) >= 11 is 3.45. The van der Waals surface area contributed by atoms with Crippen LogP contribution in [0.15, 0.2) is 46.9 Å². The SMILES string of the molecule is CCN(CC)c1ccc(C=O)c(OCc2cccc(Br)c2)c1.